The molecule has 0 aliphatic carbocycles. The molecule has 1 atom stereocenters. The van der Waals surface area contributed by atoms with Crippen LogP contribution in [0.2, 0.25) is 5.02 Å². The molecule has 0 aliphatic rings. The number of nitrogens with two attached hydrogens (primary N) is 1. The summed E-state index contributed by atoms with van der Waals surface area (Å²) in [7, 11) is 0. The third-order valence-corrected chi connectivity index (χ3v) is 2.64. The summed E-state index contributed by atoms with van der Waals surface area (Å²) in [6.45, 7) is 4.21. The van der Waals surface area contributed by atoms with Crippen LogP contribution in [0.4, 0.5) is 0 Å². The fourth-order valence-corrected chi connectivity index (χ4v) is 1.42. The van der Waals surface area contributed by atoms with E-state index in [1.54, 1.807) is 0 Å². The summed E-state index contributed by atoms with van der Waals surface area (Å²) in [6, 6.07) is 3.72. The zero-order valence-electron chi connectivity index (χ0n) is 8.96. The Morgan fingerprint density at radius 3 is 2.73 bits per heavy atom. The first-order valence-electron chi connectivity index (χ1n) is 4.83. The van der Waals surface area contributed by atoms with Crippen LogP contribution in [0.25, 0.3) is 0 Å². The Hall–Kier alpha value is -0.770. The third-order valence-electron chi connectivity index (χ3n) is 2.23. The highest BCUT2D eigenvalue weighted by atomic mass is 35.5. The Kier molecular flexibility index (Phi) is 4.39. The summed E-state index contributed by atoms with van der Waals surface area (Å²) in [6.07, 6.45) is -0.636. The zero-order valence-corrected chi connectivity index (χ0v) is 9.71. The summed E-state index contributed by atoms with van der Waals surface area (Å²) in [5.41, 5.74) is 7.18. The quantitative estimate of drug-likeness (QED) is 0.826. The second kappa shape index (κ2) is 5.35. The van der Waals surface area contributed by atoms with Crippen molar-refractivity contribution in [2.75, 3.05) is 13.2 Å². The summed E-state index contributed by atoms with van der Waals surface area (Å²) in [5.74, 6) is 0.731. The van der Waals surface area contributed by atoms with Crippen LogP contribution >= 0.6 is 11.6 Å². The molecule has 0 saturated carbocycles. The summed E-state index contributed by atoms with van der Waals surface area (Å²) in [4.78, 5) is 0. The fraction of sp³-hybridized carbons (Fsp3) is 0.455. The van der Waals surface area contributed by atoms with Gasteiger partial charge in [0.1, 0.15) is 18.5 Å². The lowest BCUT2D eigenvalue weighted by Gasteiger charge is -2.15. The Balaban J connectivity index is 2.80. The van der Waals surface area contributed by atoms with E-state index in [-0.39, 0.29) is 13.2 Å². The molecule has 1 rings (SSSR count). The third kappa shape index (κ3) is 3.09. The van der Waals surface area contributed by atoms with Crippen molar-refractivity contribution in [1.29, 1.82) is 0 Å². The second-order valence-corrected chi connectivity index (χ2v) is 3.93. The predicted octanol–water partition coefficient (Wildman–Crippen LogP) is 1.66. The van der Waals surface area contributed by atoms with E-state index in [1.807, 2.05) is 26.0 Å². The molecule has 0 bridgehead atoms. The minimum Gasteiger partial charge on any atom is -0.490 e. The van der Waals surface area contributed by atoms with Gasteiger partial charge >= 0.3 is 0 Å². The Morgan fingerprint density at radius 2 is 2.13 bits per heavy atom. The van der Waals surface area contributed by atoms with Crippen LogP contribution in [0.15, 0.2) is 12.1 Å². The van der Waals surface area contributed by atoms with Gasteiger partial charge in [-0.15, -0.1) is 0 Å². The van der Waals surface area contributed by atoms with E-state index in [1.165, 1.54) is 0 Å². The van der Waals surface area contributed by atoms with Crippen LogP contribution in [0.5, 0.6) is 5.75 Å². The molecule has 0 unspecified atom stereocenters. The van der Waals surface area contributed by atoms with E-state index in [0.717, 1.165) is 16.9 Å². The van der Waals surface area contributed by atoms with Crippen molar-refractivity contribution < 1.29 is 9.84 Å². The van der Waals surface area contributed by atoms with Gasteiger partial charge in [-0.3, -0.25) is 0 Å². The first kappa shape index (κ1) is 12.3. The van der Waals surface area contributed by atoms with Crippen LogP contribution < -0.4 is 10.5 Å². The standard InChI is InChI=1S/C11H16ClNO2/c1-7-3-4-10(12)8(2)11(7)15-6-9(14)5-13/h3-4,9,14H,5-6,13H2,1-2H3/t9-/m1/s1. The van der Waals surface area contributed by atoms with Gasteiger partial charge in [0.05, 0.1) is 0 Å². The molecule has 0 heterocycles. The van der Waals surface area contributed by atoms with E-state index < -0.39 is 6.10 Å². The number of aliphatic hydroxyl groups excluding tert-OH is 1. The molecule has 15 heavy (non-hydrogen) atoms. The summed E-state index contributed by atoms with van der Waals surface area (Å²) in [5, 5.41) is 9.95. The van der Waals surface area contributed by atoms with Gasteiger partial charge in [-0.25, -0.2) is 0 Å². The van der Waals surface area contributed by atoms with Gasteiger partial charge in [-0.05, 0) is 25.5 Å². The number of halogens is 1. The minimum atomic E-state index is -0.636. The number of hydrogen-bond donors (Lipinski definition) is 2. The number of hydrogen-bond acceptors (Lipinski definition) is 3. The van der Waals surface area contributed by atoms with Gasteiger partial charge in [-0.2, -0.15) is 0 Å². The monoisotopic (exact) mass is 229 g/mol. The van der Waals surface area contributed by atoms with Crippen LogP contribution in [0, 0.1) is 13.8 Å². The van der Waals surface area contributed by atoms with Gasteiger partial charge in [0.25, 0.3) is 0 Å². The average molecular weight is 230 g/mol. The average Bonchev–Trinajstić information content (AvgIpc) is 2.23. The molecule has 3 N–H and O–H groups in total. The zero-order chi connectivity index (χ0) is 11.4. The highest BCUT2D eigenvalue weighted by molar-refractivity contribution is 6.31. The van der Waals surface area contributed by atoms with Gasteiger partial charge in [0.2, 0.25) is 0 Å². The van der Waals surface area contributed by atoms with Crippen molar-refractivity contribution >= 4 is 11.6 Å². The lowest BCUT2D eigenvalue weighted by molar-refractivity contribution is 0.113. The first-order chi connectivity index (χ1) is 7.06. The van der Waals surface area contributed by atoms with Crippen LogP contribution in [-0.2, 0) is 0 Å². The number of rotatable bonds is 4. The first-order valence-corrected chi connectivity index (χ1v) is 5.20. The molecule has 0 radical (unpaired) electrons. The van der Waals surface area contributed by atoms with Gasteiger partial charge < -0.3 is 15.6 Å². The normalized spacial score (nSPS) is 12.6. The molecule has 4 heteroatoms. The molecule has 0 spiro atoms. The Bertz CT molecular complexity index is 342. The second-order valence-electron chi connectivity index (χ2n) is 3.52. The highest BCUT2D eigenvalue weighted by Gasteiger charge is 2.09. The fourth-order valence-electron chi connectivity index (χ4n) is 1.27. The van der Waals surface area contributed by atoms with E-state index in [4.69, 9.17) is 22.1 Å². The molecule has 0 fully saturated rings. The molecular formula is C11H16ClNO2. The molecule has 0 amide bonds. The van der Waals surface area contributed by atoms with Crippen LogP contribution in [0.3, 0.4) is 0 Å². The van der Waals surface area contributed by atoms with Crippen LogP contribution in [0.1, 0.15) is 11.1 Å². The number of aryl methyl sites for hydroxylation is 1. The van der Waals surface area contributed by atoms with Crippen molar-refractivity contribution in [3.8, 4) is 5.75 Å². The number of ether oxygens (including phenoxy) is 1. The van der Waals surface area contributed by atoms with Crippen molar-refractivity contribution in [1.82, 2.24) is 0 Å². The van der Waals surface area contributed by atoms with Gasteiger partial charge in [0, 0.05) is 17.1 Å². The van der Waals surface area contributed by atoms with E-state index in [0.29, 0.717) is 5.02 Å². The summed E-state index contributed by atoms with van der Waals surface area (Å²) < 4.78 is 5.49. The molecule has 0 aliphatic heterocycles. The number of aliphatic hydroxyl groups is 1. The Labute approximate surface area is 94.8 Å². The molecule has 84 valence electrons. The smallest absolute Gasteiger partial charge is 0.126 e. The van der Waals surface area contributed by atoms with E-state index in [9.17, 15) is 5.11 Å². The lowest BCUT2D eigenvalue weighted by Crippen LogP contribution is -2.26. The van der Waals surface area contributed by atoms with Crippen molar-refractivity contribution in [2.45, 2.75) is 20.0 Å². The predicted molar refractivity (Wildman–Crippen MR) is 61.5 cm³/mol. The lowest BCUT2D eigenvalue weighted by atomic mass is 10.1. The maximum Gasteiger partial charge on any atom is 0.126 e. The maximum atomic E-state index is 9.29. The van der Waals surface area contributed by atoms with Gasteiger partial charge in [0.15, 0.2) is 0 Å². The SMILES string of the molecule is Cc1ccc(Cl)c(C)c1OC[C@H](O)CN. The largest absolute Gasteiger partial charge is 0.490 e. The van der Waals surface area contributed by atoms with Crippen molar-refractivity contribution in [3.63, 3.8) is 0 Å². The van der Waals surface area contributed by atoms with Crippen molar-refractivity contribution in [3.05, 3.63) is 28.3 Å². The summed E-state index contributed by atoms with van der Waals surface area (Å²) >= 11 is 5.97. The minimum absolute atomic E-state index is 0.193. The maximum absolute atomic E-state index is 9.29. The Morgan fingerprint density at radius 1 is 1.47 bits per heavy atom. The van der Waals surface area contributed by atoms with E-state index in [2.05, 4.69) is 0 Å². The van der Waals surface area contributed by atoms with Crippen molar-refractivity contribution in [2.24, 2.45) is 5.73 Å². The van der Waals surface area contributed by atoms with Crippen LogP contribution in [-0.4, -0.2) is 24.4 Å². The molecular weight excluding hydrogens is 214 g/mol. The molecule has 1 aromatic rings. The van der Waals surface area contributed by atoms with E-state index >= 15 is 0 Å². The van der Waals surface area contributed by atoms with Gasteiger partial charge in [-0.1, -0.05) is 17.7 Å². The topological polar surface area (TPSA) is 55.5 Å². The highest BCUT2D eigenvalue weighted by Crippen LogP contribution is 2.29. The molecule has 0 aromatic heterocycles. The molecule has 1 aromatic carbocycles. The molecule has 3 nitrogen and oxygen atoms in total. The number of benzene rings is 1. The molecule has 0 saturated heterocycles.